The Hall–Kier alpha value is -3.79. The molecular formula is C38H48F4N2O4. The SMILES string of the molecule is CCOC(=O)C[C@H](CC(=O)C(CC(C)C)n1cc(CCN(C)C)c(C(F)(F)F)cc1=O)c1cc(-c2c(C)ccc(C)c2C)cc(C)c1F. The number of ether oxygens (including phenoxy) is 1. The summed E-state index contributed by atoms with van der Waals surface area (Å²) in [7, 11) is 3.46. The Labute approximate surface area is 281 Å². The van der Waals surface area contributed by atoms with Crippen molar-refractivity contribution >= 4 is 11.8 Å². The molecule has 10 heteroatoms. The number of hydrogen-bond acceptors (Lipinski definition) is 5. The van der Waals surface area contributed by atoms with E-state index in [0.717, 1.165) is 38.6 Å². The van der Waals surface area contributed by atoms with Gasteiger partial charge in [-0.05, 0) is 124 Å². The minimum atomic E-state index is -4.75. The lowest BCUT2D eigenvalue weighted by atomic mass is 9.83. The number of pyridine rings is 1. The largest absolute Gasteiger partial charge is 0.466 e. The molecule has 0 radical (unpaired) electrons. The third kappa shape index (κ3) is 9.43. The first-order valence-corrected chi connectivity index (χ1v) is 16.4. The Morgan fingerprint density at radius 3 is 2.19 bits per heavy atom. The van der Waals surface area contributed by atoms with Gasteiger partial charge in [-0.1, -0.05) is 26.0 Å². The van der Waals surface area contributed by atoms with Crippen LogP contribution in [0.1, 0.15) is 90.9 Å². The number of halogens is 4. The molecule has 1 heterocycles. The van der Waals surface area contributed by atoms with Gasteiger partial charge in [-0.25, -0.2) is 4.39 Å². The summed E-state index contributed by atoms with van der Waals surface area (Å²) in [5, 5.41) is 0. The maximum absolute atomic E-state index is 16.0. The molecular weight excluding hydrogens is 624 g/mol. The number of ketones is 1. The third-order valence-corrected chi connectivity index (χ3v) is 8.82. The first-order valence-electron chi connectivity index (χ1n) is 16.4. The number of nitrogens with zero attached hydrogens (tertiary/aromatic N) is 2. The van der Waals surface area contributed by atoms with E-state index in [1.54, 1.807) is 45.0 Å². The highest BCUT2D eigenvalue weighted by Crippen LogP contribution is 2.38. The molecule has 3 rings (SSSR count). The van der Waals surface area contributed by atoms with Gasteiger partial charge in [0.15, 0.2) is 5.78 Å². The molecule has 0 aliphatic carbocycles. The molecule has 0 fully saturated rings. The number of carbonyl (C=O) groups is 2. The van der Waals surface area contributed by atoms with Crippen LogP contribution >= 0.6 is 0 Å². The lowest BCUT2D eigenvalue weighted by molar-refractivity contribution is -0.143. The zero-order valence-electron chi connectivity index (χ0n) is 29.5. The molecule has 0 bridgehead atoms. The van der Waals surface area contributed by atoms with Crippen molar-refractivity contribution in [3.8, 4) is 11.1 Å². The highest BCUT2D eigenvalue weighted by Gasteiger charge is 2.36. The molecule has 1 aromatic heterocycles. The zero-order chi connectivity index (χ0) is 36.1. The number of rotatable bonds is 14. The second-order valence-corrected chi connectivity index (χ2v) is 13.4. The lowest BCUT2D eigenvalue weighted by Crippen LogP contribution is -2.33. The lowest BCUT2D eigenvalue weighted by Gasteiger charge is -2.26. The Morgan fingerprint density at radius 2 is 1.60 bits per heavy atom. The Balaban J connectivity index is 2.19. The van der Waals surface area contributed by atoms with Gasteiger partial charge in [0.25, 0.3) is 5.56 Å². The summed E-state index contributed by atoms with van der Waals surface area (Å²) in [4.78, 5) is 42.1. The Kier molecular flexibility index (Phi) is 12.9. The minimum absolute atomic E-state index is 0.00523. The van der Waals surface area contributed by atoms with Crippen LogP contribution in [0.4, 0.5) is 17.6 Å². The van der Waals surface area contributed by atoms with Crippen LogP contribution in [-0.2, 0) is 26.9 Å². The molecule has 262 valence electrons. The molecule has 0 saturated heterocycles. The number of aryl methyl sites for hydroxylation is 3. The van der Waals surface area contributed by atoms with Gasteiger partial charge in [-0.2, -0.15) is 13.2 Å². The summed E-state index contributed by atoms with van der Waals surface area (Å²) < 4.78 is 64.3. The number of carbonyl (C=O) groups excluding carboxylic acids is 2. The minimum Gasteiger partial charge on any atom is -0.466 e. The molecule has 0 amide bonds. The highest BCUT2D eigenvalue weighted by molar-refractivity contribution is 5.84. The molecule has 2 atom stereocenters. The molecule has 0 aliphatic rings. The van der Waals surface area contributed by atoms with Crippen LogP contribution in [0.2, 0.25) is 0 Å². The standard InChI is InChI=1S/C38H48F4N2O4/c1-10-48-35(47)19-28(30-17-29(16-25(6)37(30)39)36-24(5)12-11-23(4)26(36)7)18-33(45)32(15-22(2)3)44-21-27(13-14-43(8)9)31(20-34(44)46)38(40,41)42/h11-12,16-17,20-22,28,32H,10,13-15,18-19H2,1-9H3/t28-,32?/m0/s1. The number of likely N-dealkylation sites (N-methyl/N-ethyl adjacent to an activating group) is 1. The van der Waals surface area contributed by atoms with E-state index >= 15 is 4.39 Å². The average Bonchev–Trinajstić information content (AvgIpc) is 2.98. The summed E-state index contributed by atoms with van der Waals surface area (Å²) in [5.41, 5.74) is 3.16. The molecule has 1 unspecified atom stereocenters. The predicted molar refractivity (Wildman–Crippen MR) is 181 cm³/mol. The maximum atomic E-state index is 16.0. The molecule has 3 aromatic rings. The fourth-order valence-corrected chi connectivity index (χ4v) is 6.21. The number of hydrogen-bond donors (Lipinski definition) is 0. The van der Waals surface area contributed by atoms with E-state index < -0.39 is 46.8 Å². The monoisotopic (exact) mass is 672 g/mol. The van der Waals surface area contributed by atoms with Gasteiger partial charge in [-0.3, -0.25) is 14.4 Å². The van der Waals surface area contributed by atoms with Crippen LogP contribution in [0.3, 0.4) is 0 Å². The topological polar surface area (TPSA) is 68.6 Å². The van der Waals surface area contributed by atoms with Gasteiger partial charge in [0.1, 0.15) is 5.82 Å². The predicted octanol–water partition coefficient (Wildman–Crippen LogP) is 8.29. The van der Waals surface area contributed by atoms with Crippen LogP contribution in [0.25, 0.3) is 11.1 Å². The zero-order valence-corrected chi connectivity index (χ0v) is 29.5. The van der Waals surface area contributed by atoms with Crippen LogP contribution in [0.5, 0.6) is 0 Å². The van der Waals surface area contributed by atoms with Crippen molar-refractivity contribution in [2.24, 2.45) is 5.92 Å². The molecule has 0 aliphatic heterocycles. The van der Waals surface area contributed by atoms with Gasteiger partial charge >= 0.3 is 12.1 Å². The first-order chi connectivity index (χ1) is 22.3. The van der Waals surface area contributed by atoms with Gasteiger partial charge < -0.3 is 14.2 Å². The number of benzene rings is 2. The second-order valence-electron chi connectivity index (χ2n) is 13.4. The van der Waals surface area contributed by atoms with Crippen LogP contribution < -0.4 is 5.56 Å². The van der Waals surface area contributed by atoms with E-state index in [1.165, 1.54) is 0 Å². The van der Waals surface area contributed by atoms with E-state index in [4.69, 9.17) is 4.74 Å². The van der Waals surface area contributed by atoms with Gasteiger partial charge in [0, 0.05) is 31.1 Å². The summed E-state index contributed by atoms with van der Waals surface area (Å²) in [5.74, 6) is -2.71. The van der Waals surface area contributed by atoms with Crippen molar-refractivity contribution < 1.29 is 31.9 Å². The molecule has 6 nitrogen and oxygen atoms in total. The van der Waals surface area contributed by atoms with Crippen molar-refractivity contribution in [2.75, 3.05) is 27.2 Å². The quantitative estimate of drug-likeness (QED) is 0.127. The molecule has 0 spiro atoms. The number of alkyl halides is 3. The number of Topliss-reactive ketones (excluding diaryl/α,β-unsaturated/α-hetero) is 1. The van der Waals surface area contributed by atoms with E-state index in [-0.39, 0.29) is 49.3 Å². The van der Waals surface area contributed by atoms with Crippen molar-refractivity contribution in [3.63, 3.8) is 0 Å². The fraction of sp³-hybridized carbons (Fsp3) is 0.500. The Bertz CT molecular complexity index is 1690. The molecule has 0 saturated carbocycles. The number of aromatic nitrogens is 1. The maximum Gasteiger partial charge on any atom is 0.416 e. The van der Waals surface area contributed by atoms with E-state index in [1.807, 2.05) is 46.8 Å². The van der Waals surface area contributed by atoms with Crippen molar-refractivity contribution in [1.29, 1.82) is 0 Å². The van der Waals surface area contributed by atoms with E-state index in [0.29, 0.717) is 18.2 Å². The second kappa shape index (κ2) is 16.1. The molecule has 0 N–H and O–H groups in total. The van der Waals surface area contributed by atoms with Crippen LogP contribution in [0, 0.1) is 39.4 Å². The van der Waals surface area contributed by atoms with Gasteiger partial charge in [0.2, 0.25) is 0 Å². The smallest absolute Gasteiger partial charge is 0.416 e. The summed E-state index contributed by atoms with van der Waals surface area (Å²) in [6.07, 6.45) is -4.07. The molecule has 48 heavy (non-hydrogen) atoms. The fourth-order valence-electron chi connectivity index (χ4n) is 6.21. The summed E-state index contributed by atoms with van der Waals surface area (Å²) in [6.45, 7) is 13.3. The normalized spacial score (nSPS) is 13.2. The van der Waals surface area contributed by atoms with Crippen LogP contribution in [-0.4, -0.2) is 48.5 Å². The van der Waals surface area contributed by atoms with Crippen molar-refractivity contribution in [1.82, 2.24) is 9.47 Å². The third-order valence-electron chi connectivity index (χ3n) is 8.82. The number of esters is 1. The first kappa shape index (κ1) is 38.7. The highest BCUT2D eigenvalue weighted by atomic mass is 19.4. The van der Waals surface area contributed by atoms with Crippen molar-refractivity contribution in [3.05, 3.63) is 91.6 Å². The Morgan fingerprint density at radius 1 is 0.958 bits per heavy atom. The van der Waals surface area contributed by atoms with Crippen molar-refractivity contribution in [2.45, 2.75) is 92.3 Å². The van der Waals surface area contributed by atoms with Gasteiger partial charge in [0.05, 0.1) is 24.6 Å². The van der Waals surface area contributed by atoms with Crippen LogP contribution in [0.15, 0.2) is 41.3 Å². The van der Waals surface area contributed by atoms with Gasteiger partial charge in [-0.15, -0.1) is 0 Å². The van der Waals surface area contributed by atoms with E-state index in [2.05, 4.69) is 0 Å². The summed E-state index contributed by atoms with van der Waals surface area (Å²) in [6, 6.07) is 6.85. The van der Waals surface area contributed by atoms with E-state index in [9.17, 15) is 27.6 Å². The summed E-state index contributed by atoms with van der Waals surface area (Å²) >= 11 is 0. The molecule has 2 aromatic carbocycles. The average molecular weight is 673 g/mol.